The number of thiophene rings is 2. The summed E-state index contributed by atoms with van der Waals surface area (Å²) in [5, 5.41) is 9.59. The number of alkyl halides is 3. The van der Waals surface area contributed by atoms with E-state index in [0.717, 1.165) is 76.0 Å². The molecule has 1 aliphatic carbocycles. The number of halogens is 3. The summed E-state index contributed by atoms with van der Waals surface area (Å²) in [6.45, 7) is 7.04. The predicted molar refractivity (Wildman–Crippen MR) is 150 cm³/mol. The summed E-state index contributed by atoms with van der Waals surface area (Å²) in [5.41, 5.74) is 2.31. The van der Waals surface area contributed by atoms with E-state index in [2.05, 4.69) is 20.9 Å². The molecular formula is C28H31F3N4O3S2. The van der Waals surface area contributed by atoms with E-state index >= 15 is 0 Å². The van der Waals surface area contributed by atoms with Gasteiger partial charge in [0.1, 0.15) is 16.3 Å². The van der Waals surface area contributed by atoms with Crippen molar-refractivity contribution in [3.63, 3.8) is 0 Å². The molecule has 7 nitrogen and oxygen atoms in total. The summed E-state index contributed by atoms with van der Waals surface area (Å²) < 4.78 is 44.8. The minimum Gasteiger partial charge on any atom is -0.456 e. The molecule has 0 spiro atoms. The molecule has 4 heterocycles. The number of anilines is 1. The number of rotatable bonds is 5. The highest BCUT2D eigenvalue weighted by molar-refractivity contribution is 7.17. The third kappa shape index (κ3) is 6.18. The fraction of sp³-hybridized carbons (Fsp3) is 0.464. The Morgan fingerprint density at radius 2 is 1.82 bits per heavy atom. The fourth-order valence-electron chi connectivity index (χ4n) is 5.03. The van der Waals surface area contributed by atoms with E-state index in [0.29, 0.717) is 22.7 Å². The van der Waals surface area contributed by atoms with Crippen LogP contribution in [0, 0.1) is 0 Å². The Balaban J connectivity index is 1.38. The quantitative estimate of drug-likeness (QED) is 0.287. The van der Waals surface area contributed by atoms with E-state index < -0.39 is 29.5 Å². The highest BCUT2D eigenvalue weighted by Crippen LogP contribution is 2.40. The van der Waals surface area contributed by atoms with Gasteiger partial charge in [0.25, 0.3) is 0 Å². The van der Waals surface area contributed by atoms with E-state index in [1.165, 1.54) is 34.9 Å². The number of urea groups is 1. The zero-order valence-electron chi connectivity index (χ0n) is 22.5. The van der Waals surface area contributed by atoms with E-state index in [-0.39, 0.29) is 6.54 Å². The Kier molecular flexibility index (Phi) is 7.95. The molecular weight excluding hydrogens is 561 g/mol. The highest BCUT2D eigenvalue weighted by atomic mass is 32.1. The molecule has 3 N–H and O–H groups in total. The lowest BCUT2D eigenvalue weighted by Crippen LogP contribution is -2.30. The van der Waals surface area contributed by atoms with Crippen molar-refractivity contribution in [1.82, 2.24) is 15.6 Å². The van der Waals surface area contributed by atoms with Gasteiger partial charge in [0, 0.05) is 39.5 Å². The number of amides is 2. The maximum Gasteiger partial charge on any atom is 0.433 e. The average molecular weight is 593 g/mol. The first-order valence-electron chi connectivity index (χ1n) is 13.2. The lowest BCUT2D eigenvalue weighted by Gasteiger charge is -2.21. The Hall–Kier alpha value is -2.96. The largest absolute Gasteiger partial charge is 0.456 e. The predicted octanol–water partition coefficient (Wildman–Crippen LogP) is 6.69. The molecule has 2 amide bonds. The third-order valence-corrected chi connectivity index (χ3v) is 9.31. The molecule has 3 aromatic heterocycles. The minimum absolute atomic E-state index is 0.181. The SMILES string of the molecule is CC(C)(C)OC(=O)c1c(NC(=O)NCc2c(-c3ccc(C(F)(F)F)nc3)sc3c2CCNC3)sc2c1CCCC2. The topological polar surface area (TPSA) is 92.3 Å². The van der Waals surface area contributed by atoms with Gasteiger partial charge in [0.05, 0.1) is 5.56 Å². The monoisotopic (exact) mass is 592 g/mol. The van der Waals surface area contributed by atoms with Crippen molar-refractivity contribution < 1.29 is 27.5 Å². The van der Waals surface area contributed by atoms with Crippen molar-refractivity contribution >= 4 is 39.7 Å². The van der Waals surface area contributed by atoms with Crippen molar-refractivity contribution in [2.24, 2.45) is 0 Å². The lowest BCUT2D eigenvalue weighted by molar-refractivity contribution is -0.141. The molecule has 0 aromatic carbocycles. The Bertz CT molecular complexity index is 1420. The molecule has 1 aliphatic heterocycles. The number of esters is 1. The van der Waals surface area contributed by atoms with Crippen LogP contribution in [0.2, 0.25) is 0 Å². The van der Waals surface area contributed by atoms with Gasteiger partial charge in [0.2, 0.25) is 0 Å². The number of nitrogens with one attached hydrogen (secondary N) is 3. The van der Waals surface area contributed by atoms with Crippen LogP contribution in [-0.2, 0) is 43.3 Å². The number of ether oxygens (including phenoxy) is 1. The number of aromatic nitrogens is 1. The van der Waals surface area contributed by atoms with E-state index in [1.54, 1.807) is 0 Å². The number of fused-ring (bicyclic) bond motifs is 2. The number of aryl methyl sites for hydroxylation is 1. The van der Waals surface area contributed by atoms with Crippen LogP contribution in [-0.4, -0.2) is 29.1 Å². The molecule has 0 radical (unpaired) electrons. The Morgan fingerprint density at radius 1 is 1.05 bits per heavy atom. The smallest absolute Gasteiger partial charge is 0.433 e. The first-order chi connectivity index (χ1) is 18.9. The number of hydrogen-bond acceptors (Lipinski definition) is 7. The van der Waals surface area contributed by atoms with Crippen molar-refractivity contribution in [1.29, 1.82) is 0 Å². The molecule has 0 saturated carbocycles. The number of carbonyl (C=O) groups is 2. The second-order valence-corrected chi connectivity index (χ2v) is 13.1. The van der Waals surface area contributed by atoms with Crippen molar-refractivity contribution in [2.45, 2.75) is 77.7 Å². The van der Waals surface area contributed by atoms with Gasteiger partial charge >= 0.3 is 18.2 Å². The maximum atomic E-state index is 13.1. The zero-order valence-corrected chi connectivity index (χ0v) is 24.1. The van der Waals surface area contributed by atoms with Gasteiger partial charge in [-0.2, -0.15) is 13.2 Å². The molecule has 40 heavy (non-hydrogen) atoms. The lowest BCUT2D eigenvalue weighted by atomic mass is 9.95. The van der Waals surface area contributed by atoms with Gasteiger partial charge in [0.15, 0.2) is 0 Å². The Morgan fingerprint density at radius 3 is 2.52 bits per heavy atom. The molecule has 3 aromatic rings. The zero-order chi connectivity index (χ0) is 28.7. The van der Waals surface area contributed by atoms with Crippen LogP contribution in [0.4, 0.5) is 23.0 Å². The van der Waals surface area contributed by atoms with Crippen LogP contribution in [0.1, 0.15) is 76.1 Å². The van der Waals surface area contributed by atoms with Crippen LogP contribution < -0.4 is 16.0 Å². The van der Waals surface area contributed by atoms with Gasteiger partial charge in [-0.15, -0.1) is 22.7 Å². The first-order valence-corrected chi connectivity index (χ1v) is 14.8. The van der Waals surface area contributed by atoms with Crippen LogP contribution in [0.25, 0.3) is 10.4 Å². The number of carbonyl (C=O) groups excluding carboxylic acids is 2. The third-order valence-electron chi connectivity index (χ3n) is 6.78. The summed E-state index contributed by atoms with van der Waals surface area (Å²) in [6, 6.07) is 1.94. The van der Waals surface area contributed by atoms with Crippen molar-refractivity contribution in [3.05, 3.63) is 56.0 Å². The summed E-state index contributed by atoms with van der Waals surface area (Å²) in [7, 11) is 0. The summed E-state index contributed by atoms with van der Waals surface area (Å²) in [6.07, 6.45) is 1.11. The standard InChI is InChI=1S/C28H31F3N4O3S2/c1-27(2,3)38-25(36)22-17-6-4-5-7-19(17)40-24(22)35-26(37)34-13-18-16-10-11-32-14-20(16)39-23(18)15-8-9-21(33-12-15)28(29,30)31/h8-9,12,32H,4-7,10-11,13-14H2,1-3H3,(H2,34,35,37). The molecule has 0 saturated heterocycles. The molecule has 0 bridgehead atoms. The van der Waals surface area contributed by atoms with Gasteiger partial charge in [-0.05, 0) is 88.2 Å². The van der Waals surface area contributed by atoms with Crippen molar-refractivity contribution in [3.8, 4) is 10.4 Å². The van der Waals surface area contributed by atoms with Gasteiger partial charge in [-0.3, -0.25) is 10.3 Å². The highest BCUT2D eigenvalue weighted by Gasteiger charge is 2.33. The van der Waals surface area contributed by atoms with Gasteiger partial charge in [-0.25, -0.2) is 9.59 Å². The van der Waals surface area contributed by atoms with Crippen LogP contribution >= 0.6 is 22.7 Å². The average Bonchev–Trinajstić information content (AvgIpc) is 3.44. The second kappa shape index (κ2) is 11.1. The molecule has 0 unspecified atom stereocenters. The second-order valence-electron chi connectivity index (χ2n) is 10.9. The summed E-state index contributed by atoms with van der Waals surface area (Å²) >= 11 is 2.91. The molecule has 0 atom stereocenters. The number of pyridine rings is 1. The maximum absolute atomic E-state index is 13.1. The van der Waals surface area contributed by atoms with E-state index in [4.69, 9.17) is 4.74 Å². The summed E-state index contributed by atoms with van der Waals surface area (Å²) in [4.78, 5) is 32.9. The summed E-state index contributed by atoms with van der Waals surface area (Å²) in [5.74, 6) is -0.446. The van der Waals surface area contributed by atoms with Gasteiger partial charge in [-0.1, -0.05) is 0 Å². The number of hydrogen-bond donors (Lipinski definition) is 3. The van der Waals surface area contributed by atoms with Gasteiger partial charge < -0.3 is 15.4 Å². The van der Waals surface area contributed by atoms with E-state index in [9.17, 15) is 22.8 Å². The normalized spacial score (nSPS) is 15.2. The Labute approximate surface area is 238 Å². The fourth-order valence-corrected chi connectivity index (χ4v) is 7.63. The van der Waals surface area contributed by atoms with E-state index in [1.807, 2.05) is 20.8 Å². The van der Waals surface area contributed by atoms with Crippen molar-refractivity contribution in [2.75, 3.05) is 11.9 Å². The molecule has 2 aliphatic rings. The van der Waals surface area contributed by atoms with Crippen LogP contribution in [0.5, 0.6) is 0 Å². The van der Waals surface area contributed by atoms with Crippen LogP contribution in [0.15, 0.2) is 18.3 Å². The number of nitrogens with zero attached hydrogens (tertiary/aromatic N) is 1. The first kappa shape index (κ1) is 28.6. The molecule has 214 valence electrons. The van der Waals surface area contributed by atoms with Crippen LogP contribution in [0.3, 0.4) is 0 Å². The minimum atomic E-state index is -4.52. The molecule has 0 fully saturated rings. The molecule has 12 heteroatoms. The molecule has 5 rings (SSSR count).